The molecule has 5 nitrogen and oxygen atoms in total. The van der Waals surface area contributed by atoms with Crippen molar-refractivity contribution >= 4 is 18.4 Å². The number of methoxy groups -OCH3 is 1. The Bertz CT molecular complexity index is 496. The van der Waals surface area contributed by atoms with Gasteiger partial charge in [-0.1, -0.05) is 6.07 Å². The molecule has 0 atom stereocenters. The van der Waals surface area contributed by atoms with Crippen molar-refractivity contribution in [3.05, 3.63) is 18.3 Å². The van der Waals surface area contributed by atoms with E-state index in [1.54, 1.807) is 7.11 Å². The van der Waals surface area contributed by atoms with Gasteiger partial charge in [-0.25, -0.2) is 4.98 Å². The predicted octanol–water partition coefficient (Wildman–Crippen LogP) is 1.22. The zero-order valence-corrected chi connectivity index (χ0v) is 13.4. The third-order valence-electron chi connectivity index (χ3n) is 4.80. The first-order chi connectivity index (χ1) is 9.82. The largest absolute Gasteiger partial charge is 0.496 e. The molecule has 6 heteroatoms. The van der Waals surface area contributed by atoms with Crippen molar-refractivity contribution < 1.29 is 14.0 Å². The van der Waals surface area contributed by atoms with Crippen molar-refractivity contribution in [2.75, 3.05) is 25.1 Å². The topological polar surface area (TPSA) is 43.8 Å². The van der Waals surface area contributed by atoms with E-state index in [1.165, 1.54) is 0 Å². The molecule has 0 bridgehead atoms. The Morgan fingerprint density at radius 2 is 1.81 bits per heavy atom. The fourth-order valence-corrected chi connectivity index (χ4v) is 2.48. The number of nitrogens with zero attached hydrogens (tertiary/aromatic N) is 2. The Balaban J connectivity index is 1.68. The standard InChI is InChI=1S/C15H23BN2O3/c1-14(2)15(3,4)21-16(20-14)11-6-7-13(17-8-11)18-9-12(10-18)19-5/h6-8,12H,9-10H2,1-5H3. The molecule has 3 heterocycles. The smallest absolute Gasteiger partial charge is 0.399 e. The Hall–Kier alpha value is -1.11. The summed E-state index contributed by atoms with van der Waals surface area (Å²) in [5, 5.41) is 0. The number of rotatable bonds is 3. The maximum Gasteiger partial charge on any atom is 0.496 e. The van der Waals surface area contributed by atoms with Crippen LogP contribution in [0.5, 0.6) is 0 Å². The third kappa shape index (κ3) is 2.56. The molecule has 0 aliphatic carbocycles. The SMILES string of the molecule is COC1CN(c2ccc(B3OC(C)(C)C(C)(C)O3)cn2)C1. The summed E-state index contributed by atoms with van der Waals surface area (Å²) in [6.45, 7) is 10.0. The number of aromatic nitrogens is 1. The predicted molar refractivity (Wildman–Crippen MR) is 83.0 cm³/mol. The Labute approximate surface area is 126 Å². The van der Waals surface area contributed by atoms with Gasteiger partial charge in [-0.05, 0) is 33.8 Å². The number of pyridine rings is 1. The van der Waals surface area contributed by atoms with E-state index in [9.17, 15) is 0 Å². The minimum Gasteiger partial charge on any atom is -0.399 e. The summed E-state index contributed by atoms with van der Waals surface area (Å²) in [4.78, 5) is 6.72. The fourth-order valence-electron chi connectivity index (χ4n) is 2.48. The molecule has 0 unspecified atom stereocenters. The van der Waals surface area contributed by atoms with Crippen LogP contribution in [0.2, 0.25) is 0 Å². The highest BCUT2D eigenvalue weighted by Crippen LogP contribution is 2.36. The van der Waals surface area contributed by atoms with E-state index in [4.69, 9.17) is 14.0 Å². The van der Waals surface area contributed by atoms with Crippen molar-refractivity contribution in [2.45, 2.75) is 45.0 Å². The van der Waals surface area contributed by atoms with Gasteiger partial charge >= 0.3 is 7.12 Å². The van der Waals surface area contributed by atoms with Crippen LogP contribution in [-0.4, -0.2) is 49.6 Å². The van der Waals surface area contributed by atoms with Gasteiger partial charge < -0.3 is 18.9 Å². The molecule has 0 amide bonds. The summed E-state index contributed by atoms with van der Waals surface area (Å²) in [5.74, 6) is 0.976. The zero-order valence-electron chi connectivity index (χ0n) is 13.4. The summed E-state index contributed by atoms with van der Waals surface area (Å²) in [6, 6.07) is 4.05. The first kappa shape index (κ1) is 14.8. The van der Waals surface area contributed by atoms with Crippen LogP contribution in [0.15, 0.2) is 18.3 Å². The quantitative estimate of drug-likeness (QED) is 0.783. The minimum absolute atomic E-state index is 0.320. The zero-order chi connectivity index (χ0) is 15.3. The molecule has 0 radical (unpaired) electrons. The lowest BCUT2D eigenvalue weighted by Crippen LogP contribution is -2.52. The third-order valence-corrected chi connectivity index (χ3v) is 4.80. The molecule has 0 spiro atoms. The van der Waals surface area contributed by atoms with Gasteiger partial charge in [0.05, 0.1) is 17.3 Å². The summed E-state index contributed by atoms with van der Waals surface area (Å²) in [7, 11) is 1.40. The van der Waals surface area contributed by atoms with E-state index in [1.807, 2.05) is 18.3 Å². The van der Waals surface area contributed by atoms with Gasteiger partial charge in [0, 0.05) is 31.9 Å². The Morgan fingerprint density at radius 3 is 2.29 bits per heavy atom. The van der Waals surface area contributed by atoms with E-state index >= 15 is 0 Å². The van der Waals surface area contributed by atoms with Gasteiger partial charge in [-0.2, -0.15) is 0 Å². The van der Waals surface area contributed by atoms with Gasteiger partial charge in [0.2, 0.25) is 0 Å². The van der Waals surface area contributed by atoms with E-state index in [-0.39, 0.29) is 18.3 Å². The molecule has 2 aliphatic heterocycles. The van der Waals surface area contributed by atoms with Gasteiger partial charge in [0.25, 0.3) is 0 Å². The summed E-state index contributed by atoms with van der Waals surface area (Å²) in [5.41, 5.74) is 0.320. The second-order valence-corrected chi connectivity index (χ2v) is 6.80. The Morgan fingerprint density at radius 1 is 1.19 bits per heavy atom. The highest BCUT2D eigenvalue weighted by molar-refractivity contribution is 6.62. The molecular weight excluding hydrogens is 267 g/mol. The molecule has 0 saturated carbocycles. The van der Waals surface area contributed by atoms with Gasteiger partial charge in [-0.15, -0.1) is 0 Å². The van der Waals surface area contributed by atoms with E-state index in [0.717, 1.165) is 24.4 Å². The molecule has 2 fully saturated rings. The molecular formula is C15H23BN2O3. The lowest BCUT2D eigenvalue weighted by Gasteiger charge is -2.39. The van der Waals surface area contributed by atoms with Crippen molar-refractivity contribution in [3.63, 3.8) is 0 Å². The van der Waals surface area contributed by atoms with Crippen LogP contribution in [0.4, 0.5) is 5.82 Å². The van der Waals surface area contributed by atoms with Crippen molar-refractivity contribution in [1.82, 2.24) is 4.98 Å². The maximum atomic E-state index is 6.03. The molecule has 1 aromatic heterocycles. The van der Waals surface area contributed by atoms with Crippen LogP contribution in [0.3, 0.4) is 0 Å². The van der Waals surface area contributed by atoms with Gasteiger partial charge in [-0.3, -0.25) is 0 Å². The average Bonchev–Trinajstić information content (AvgIpc) is 2.58. The lowest BCUT2D eigenvalue weighted by molar-refractivity contribution is 0.00578. The summed E-state index contributed by atoms with van der Waals surface area (Å²) in [6.07, 6.45) is 2.17. The summed E-state index contributed by atoms with van der Waals surface area (Å²) < 4.78 is 17.3. The van der Waals surface area contributed by atoms with Crippen LogP contribution >= 0.6 is 0 Å². The first-order valence-corrected chi connectivity index (χ1v) is 7.42. The lowest BCUT2D eigenvalue weighted by atomic mass is 9.80. The highest BCUT2D eigenvalue weighted by atomic mass is 16.7. The first-order valence-electron chi connectivity index (χ1n) is 7.42. The second-order valence-electron chi connectivity index (χ2n) is 6.80. The number of hydrogen-bond acceptors (Lipinski definition) is 5. The maximum absolute atomic E-state index is 6.03. The molecule has 1 aromatic rings. The van der Waals surface area contributed by atoms with Crippen molar-refractivity contribution in [1.29, 1.82) is 0 Å². The average molecular weight is 290 g/mol. The molecule has 3 rings (SSSR count). The van der Waals surface area contributed by atoms with Gasteiger partial charge in [0.1, 0.15) is 5.82 Å². The molecule has 2 saturated heterocycles. The Kier molecular flexibility index (Phi) is 3.51. The van der Waals surface area contributed by atoms with Crippen LogP contribution in [0.1, 0.15) is 27.7 Å². The molecule has 21 heavy (non-hydrogen) atoms. The van der Waals surface area contributed by atoms with E-state index < -0.39 is 0 Å². The van der Waals surface area contributed by atoms with Gasteiger partial charge in [0.15, 0.2) is 0 Å². The van der Waals surface area contributed by atoms with Crippen LogP contribution < -0.4 is 10.4 Å². The van der Waals surface area contributed by atoms with Crippen molar-refractivity contribution in [3.8, 4) is 0 Å². The van der Waals surface area contributed by atoms with Crippen molar-refractivity contribution in [2.24, 2.45) is 0 Å². The fraction of sp³-hybridized carbons (Fsp3) is 0.667. The minimum atomic E-state index is -0.348. The van der Waals surface area contributed by atoms with Crippen LogP contribution in [-0.2, 0) is 14.0 Å². The van der Waals surface area contributed by atoms with Crippen LogP contribution in [0.25, 0.3) is 0 Å². The molecule has 0 aromatic carbocycles. The summed E-state index contributed by atoms with van der Waals surface area (Å²) >= 11 is 0. The normalized spacial score (nSPS) is 24.2. The molecule has 0 N–H and O–H groups in total. The number of hydrogen-bond donors (Lipinski definition) is 0. The number of ether oxygens (including phenoxy) is 1. The molecule has 2 aliphatic rings. The van der Waals surface area contributed by atoms with E-state index in [2.05, 4.69) is 37.6 Å². The highest BCUT2D eigenvalue weighted by Gasteiger charge is 2.51. The van der Waals surface area contributed by atoms with Crippen LogP contribution in [0, 0.1) is 0 Å². The molecule has 114 valence electrons. The second kappa shape index (κ2) is 4.97. The number of anilines is 1. The monoisotopic (exact) mass is 290 g/mol. The van der Waals surface area contributed by atoms with E-state index in [0.29, 0.717) is 6.10 Å².